The van der Waals surface area contributed by atoms with Crippen molar-refractivity contribution in [3.8, 4) is 0 Å². The number of carbonyl (C=O) groups excluding carboxylic acids is 1. The molecule has 3 N–H and O–H groups in total. The first kappa shape index (κ1) is 15.1. The van der Waals surface area contributed by atoms with Crippen LogP contribution >= 0.6 is 11.8 Å². The van der Waals surface area contributed by atoms with Gasteiger partial charge >= 0.3 is 12.0 Å². The van der Waals surface area contributed by atoms with Crippen molar-refractivity contribution in [2.75, 3.05) is 12.8 Å². The third-order valence-electron chi connectivity index (χ3n) is 3.52. The van der Waals surface area contributed by atoms with E-state index in [1.54, 1.807) is 11.8 Å². The Labute approximate surface area is 112 Å². The van der Waals surface area contributed by atoms with Crippen LogP contribution in [0.15, 0.2) is 0 Å². The number of aliphatic carboxylic acids is 1. The first-order valence-corrected chi connectivity index (χ1v) is 7.55. The first-order chi connectivity index (χ1) is 8.51. The number of carbonyl (C=O) groups is 2. The monoisotopic (exact) mass is 274 g/mol. The van der Waals surface area contributed by atoms with Gasteiger partial charge in [-0.15, -0.1) is 0 Å². The molecule has 1 fully saturated rings. The number of amides is 2. The molecule has 0 aliphatic heterocycles. The quantitative estimate of drug-likeness (QED) is 0.662. The maximum absolute atomic E-state index is 11.7. The molecule has 1 atom stereocenters. The Kier molecular flexibility index (Phi) is 5.78. The van der Waals surface area contributed by atoms with Crippen molar-refractivity contribution in [2.24, 2.45) is 0 Å². The number of carboxylic acids is 1. The third-order valence-corrected chi connectivity index (χ3v) is 4.94. The van der Waals surface area contributed by atoms with Gasteiger partial charge in [-0.25, -0.2) is 4.79 Å². The highest BCUT2D eigenvalue weighted by atomic mass is 32.2. The maximum atomic E-state index is 11.7. The Hall–Kier alpha value is -0.910. The van der Waals surface area contributed by atoms with E-state index in [0.29, 0.717) is 13.0 Å². The van der Waals surface area contributed by atoms with Crippen LogP contribution < -0.4 is 10.6 Å². The van der Waals surface area contributed by atoms with Crippen LogP contribution in [0, 0.1) is 0 Å². The predicted octanol–water partition coefficient (Wildman–Crippen LogP) is 1.82. The first-order valence-electron chi connectivity index (χ1n) is 6.32. The molecule has 1 saturated carbocycles. The number of urea groups is 1. The van der Waals surface area contributed by atoms with Crippen LogP contribution in [0.3, 0.4) is 0 Å². The predicted molar refractivity (Wildman–Crippen MR) is 73.0 cm³/mol. The van der Waals surface area contributed by atoms with Crippen LogP contribution in [0.1, 0.15) is 39.0 Å². The van der Waals surface area contributed by atoms with Gasteiger partial charge in [0.25, 0.3) is 0 Å². The van der Waals surface area contributed by atoms with E-state index in [1.807, 2.05) is 6.92 Å². The smallest absolute Gasteiger partial charge is 0.315 e. The van der Waals surface area contributed by atoms with Crippen molar-refractivity contribution in [3.63, 3.8) is 0 Å². The molecule has 1 aliphatic carbocycles. The van der Waals surface area contributed by atoms with Crippen molar-refractivity contribution in [3.05, 3.63) is 0 Å². The fraction of sp³-hybridized carbons (Fsp3) is 0.833. The summed E-state index contributed by atoms with van der Waals surface area (Å²) in [5, 5.41) is 14.3. The summed E-state index contributed by atoms with van der Waals surface area (Å²) >= 11 is 1.80. The van der Waals surface area contributed by atoms with Gasteiger partial charge in [-0.05, 0) is 25.5 Å². The molecule has 2 amide bonds. The van der Waals surface area contributed by atoms with E-state index in [9.17, 15) is 9.59 Å². The summed E-state index contributed by atoms with van der Waals surface area (Å²) in [6, 6.07) is -0.558. The molecule has 0 heterocycles. The molecule has 0 aromatic carbocycles. The summed E-state index contributed by atoms with van der Waals surface area (Å²) in [6.07, 6.45) is 6.16. The molecule has 1 aliphatic rings. The molecule has 1 rings (SSSR count). The Morgan fingerprint density at radius 2 is 2.11 bits per heavy atom. The van der Waals surface area contributed by atoms with Gasteiger partial charge in [0.15, 0.2) is 0 Å². The highest BCUT2D eigenvalue weighted by Gasteiger charge is 2.36. The maximum Gasteiger partial charge on any atom is 0.315 e. The number of thioether (sulfide) groups is 1. The van der Waals surface area contributed by atoms with Crippen LogP contribution in [0.5, 0.6) is 0 Å². The van der Waals surface area contributed by atoms with Crippen LogP contribution in [0.2, 0.25) is 0 Å². The Bertz CT molecular complexity index is 300. The Balaban J connectivity index is 2.29. The minimum absolute atomic E-state index is 0.0302. The van der Waals surface area contributed by atoms with E-state index in [-0.39, 0.29) is 23.2 Å². The van der Waals surface area contributed by atoms with Gasteiger partial charge in [0, 0.05) is 17.3 Å². The molecule has 1 unspecified atom stereocenters. The van der Waals surface area contributed by atoms with Crippen molar-refractivity contribution in [1.82, 2.24) is 10.6 Å². The van der Waals surface area contributed by atoms with Crippen LogP contribution in [-0.2, 0) is 4.79 Å². The van der Waals surface area contributed by atoms with Gasteiger partial charge in [-0.3, -0.25) is 4.79 Å². The van der Waals surface area contributed by atoms with E-state index in [1.165, 1.54) is 6.42 Å². The molecular weight excluding hydrogens is 252 g/mol. The summed E-state index contributed by atoms with van der Waals surface area (Å²) in [6.45, 7) is 2.52. The van der Waals surface area contributed by atoms with Gasteiger partial charge in [0.2, 0.25) is 0 Å². The molecule has 0 spiro atoms. The van der Waals surface area contributed by atoms with E-state index in [2.05, 4.69) is 16.9 Å². The van der Waals surface area contributed by atoms with Gasteiger partial charge in [0.05, 0.1) is 6.42 Å². The lowest BCUT2D eigenvalue weighted by Crippen LogP contribution is -2.50. The van der Waals surface area contributed by atoms with Gasteiger partial charge in [-0.2, -0.15) is 11.8 Å². The van der Waals surface area contributed by atoms with Gasteiger partial charge < -0.3 is 15.7 Å². The lowest BCUT2D eigenvalue weighted by Gasteiger charge is -2.40. The van der Waals surface area contributed by atoms with E-state index >= 15 is 0 Å². The Morgan fingerprint density at radius 3 is 2.50 bits per heavy atom. The van der Waals surface area contributed by atoms with Crippen molar-refractivity contribution in [2.45, 2.75) is 49.8 Å². The summed E-state index contributed by atoms with van der Waals surface area (Å²) in [4.78, 5) is 22.3. The fourth-order valence-corrected chi connectivity index (χ4v) is 2.92. The number of carboxylic acid groups (broad SMARTS) is 1. The zero-order chi connectivity index (χ0) is 13.6. The number of hydrogen-bond acceptors (Lipinski definition) is 3. The normalized spacial score (nSPS) is 18.6. The topological polar surface area (TPSA) is 78.4 Å². The second-order valence-electron chi connectivity index (χ2n) is 4.77. The van der Waals surface area contributed by atoms with E-state index in [4.69, 9.17) is 5.11 Å². The summed E-state index contributed by atoms with van der Waals surface area (Å²) < 4.78 is 0.200. The SMILES string of the molecule is CCC(CC(=O)O)NC(=O)NCC1(SC)CCC1. The average molecular weight is 274 g/mol. The fourth-order valence-electron chi connectivity index (χ4n) is 2.01. The second-order valence-corrected chi connectivity index (χ2v) is 6.05. The van der Waals surface area contributed by atoms with Gasteiger partial charge in [-0.1, -0.05) is 13.3 Å². The molecule has 6 heteroatoms. The number of nitrogens with one attached hydrogen (secondary N) is 2. The van der Waals surface area contributed by atoms with Crippen LogP contribution in [-0.4, -0.2) is 40.7 Å². The lowest BCUT2D eigenvalue weighted by atomic mass is 9.84. The van der Waals surface area contributed by atoms with Crippen molar-refractivity contribution in [1.29, 1.82) is 0 Å². The minimum atomic E-state index is -0.887. The summed E-state index contributed by atoms with van der Waals surface area (Å²) in [5.74, 6) is -0.887. The molecule has 5 nitrogen and oxygen atoms in total. The molecule has 0 aromatic heterocycles. The molecule has 0 radical (unpaired) electrons. The van der Waals surface area contributed by atoms with Crippen LogP contribution in [0.25, 0.3) is 0 Å². The molecule has 0 bridgehead atoms. The molecular formula is C12H22N2O3S. The summed E-state index contributed by atoms with van der Waals surface area (Å²) in [7, 11) is 0. The van der Waals surface area contributed by atoms with Gasteiger partial charge in [0.1, 0.15) is 0 Å². The number of hydrogen-bond donors (Lipinski definition) is 3. The molecule has 0 saturated heterocycles. The third kappa shape index (κ3) is 4.40. The number of rotatable bonds is 7. The molecule has 104 valence electrons. The van der Waals surface area contributed by atoms with Crippen molar-refractivity contribution >= 4 is 23.8 Å². The minimum Gasteiger partial charge on any atom is -0.481 e. The molecule has 18 heavy (non-hydrogen) atoms. The second kappa shape index (κ2) is 6.87. The molecule has 0 aromatic rings. The standard InChI is InChI=1S/C12H22N2O3S/c1-3-9(7-10(15)16)14-11(17)13-8-12(18-2)5-4-6-12/h9H,3-8H2,1-2H3,(H,15,16)(H2,13,14,17). The lowest BCUT2D eigenvalue weighted by molar-refractivity contribution is -0.137. The zero-order valence-electron chi connectivity index (χ0n) is 11.0. The largest absolute Gasteiger partial charge is 0.481 e. The highest BCUT2D eigenvalue weighted by molar-refractivity contribution is 8.00. The zero-order valence-corrected chi connectivity index (χ0v) is 11.8. The summed E-state index contributed by atoms with van der Waals surface area (Å²) in [5.41, 5.74) is 0. The highest BCUT2D eigenvalue weighted by Crippen LogP contribution is 2.42. The van der Waals surface area contributed by atoms with E-state index < -0.39 is 5.97 Å². The van der Waals surface area contributed by atoms with E-state index in [0.717, 1.165) is 12.8 Å². The van der Waals surface area contributed by atoms with Crippen molar-refractivity contribution < 1.29 is 14.7 Å². The Morgan fingerprint density at radius 1 is 1.44 bits per heavy atom. The van der Waals surface area contributed by atoms with Crippen LogP contribution in [0.4, 0.5) is 4.79 Å². The average Bonchev–Trinajstić information content (AvgIpc) is 2.26.